The molecule has 0 fully saturated rings. The highest BCUT2D eigenvalue weighted by molar-refractivity contribution is 5.63. The lowest BCUT2D eigenvalue weighted by atomic mass is 10.1. The number of nitrogens with two attached hydrogens (primary N) is 1. The van der Waals surface area contributed by atoms with Crippen LogP contribution in [0.2, 0.25) is 0 Å². The van der Waals surface area contributed by atoms with Gasteiger partial charge in [0.2, 0.25) is 11.9 Å². The number of benzene rings is 1. The van der Waals surface area contributed by atoms with E-state index in [1.165, 1.54) is 19.9 Å². The molecule has 2 aromatic rings. The largest absolute Gasteiger partial charge is 0.368 e. The second-order valence-electron chi connectivity index (χ2n) is 5.85. The molecule has 0 spiro atoms. The van der Waals surface area contributed by atoms with Crippen molar-refractivity contribution < 1.29 is 8.78 Å². The second-order valence-corrected chi connectivity index (χ2v) is 5.85. The van der Waals surface area contributed by atoms with E-state index < -0.39 is 5.67 Å². The highest BCUT2D eigenvalue weighted by Crippen LogP contribution is 2.33. The summed E-state index contributed by atoms with van der Waals surface area (Å²) in [5.41, 5.74) is 6.20. The van der Waals surface area contributed by atoms with E-state index in [9.17, 15) is 8.78 Å². The van der Waals surface area contributed by atoms with Gasteiger partial charge in [0.05, 0.1) is 5.69 Å². The van der Waals surface area contributed by atoms with E-state index in [2.05, 4.69) is 20.3 Å². The number of hydrogen-bond acceptors (Lipinski definition) is 5. The summed E-state index contributed by atoms with van der Waals surface area (Å²) in [6.07, 6.45) is 2.69. The molecule has 5 nitrogen and oxygen atoms in total. The number of anilines is 3. The van der Waals surface area contributed by atoms with Crippen molar-refractivity contribution >= 4 is 17.6 Å². The van der Waals surface area contributed by atoms with Crippen molar-refractivity contribution in [2.24, 2.45) is 0 Å². The normalized spacial score (nSPS) is 14.0. The molecule has 1 aromatic carbocycles. The van der Waals surface area contributed by atoms with Crippen LogP contribution >= 0.6 is 0 Å². The summed E-state index contributed by atoms with van der Waals surface area (Å²) in [7, 11) is 0. The molecule has 3 rings (SSSR count). The first-order chi connectivity index (χ1) is 10.3. The van der Waals surface area contributed by atoms with Crippen molar-refractivity contribution in [3.8, 4) is 0 Å². The number of halogens is 2. The lowest BCUT2D eigenvalue weighted by molar-refractivity contribution is 0.206. The van der Waals surface area contributed by atoms with Gasteiger partial charge in [0.1, 0.15) is 5.82 Å². The van der Waals surface area contributed by atoms with Gasteiger partial charge in [-0.3, -0.25) is 0 Å². The molecule has 1 aromatic heterocycles. The molecule has 1 heterocycles. The Bertz CT molecular complexity index is 725. The molecule has 0 radical (unpaired) electrons. The molecule has 0 atom stereocenters. The minimum absolute atomic E-state index is 0.0485. The van der Waals surface area contributed by atoms with Crippen LogP contribution < -0.4 is 11.1 Å². The number of nitrogens with one attached hydrogen (secondary N) is 1. The third-order valence-electron chi connectivity index (χ3n) is 3.65. The molecular weight excluding hydrogens is 288 g/mol. The van der Waals surface area contributed by atoms with Crippen molar-refractivity contribution in [3.63, 3.8) is 0 Å². The van der Waals surface area contributed by atoms with Gasteiger partial charge < -0.3 is 11.1 Å². The predicted octanol–water partition coefficient (Wildman–Crippen LogP) is 3.03. The van der Waals surface area contributed by atoms with Crippen LogP contribution in [0.5, 0.6) is 0 Å². The smallest absolute Gasteiger partial charge is 0.232 e. The third-order valence-corrected chi connectivity index (χ3v) is 3.65. The molecule has 0 amide bonds. The van der Waals surface area contributed by atoms with Gasteiger partial charge in [0, 0.05) is 0 Å². The summed E-state index contributed by atoms with van der Waals surface area (Å²) in [6.45, 7) is 2.65. The molecule has 116 valence electrons. The van der Waals surface area contributed by atoms with Crippen molar-refractivity contribution in [2.45, 2.75) is 38.8 Å². The van der Waals surface area contributed by atoms with Gasteiger partial charge in [-0.25, -0.2) is 8.78 Å². The van der Waals surface area contributed by atoms with E-state index in [1.807, 2.05) is 0 Å². The Balaban J connectivity index is 2.01. The van der Waals surface area contributed by atoms with Gasteiger partial charge in [0.15, 0.2) is 11.5 Å². The first kappa shape index (κ1) is 14.6. The van der Waals surface area contributed by atoms with Crippen LogP contribution in [0, 0.1) is 5.82 Å². The summed E-state index contributed by atoms with van der Waals surface area (Å²) in [6, 6.07) is 3.21. The molecule has 0 aliphatic heterocycles. The van der Waals surface area contributed by atoms with Crippen molar-refractivity contribution in [1.82, 2.24) is 15.0 Å². The van der Waals surface area contributed by atoms with Crippen LogP contribution in [0.3, 0.4) is 0 Å². The van der Waals surface area contributed by atoms with Crippen LogP contribution in [-0.2, 0) is 18.5 Å². The highest BCUT2D eigenvalue weighted by Gasteiger charge is 2.25. The quantitative estimate of drug-likeness (QED) is 0.911. The zero-order valence-electron chi connectivity index (χ0n) is 12.5. The molecule has 7 heteroatoms. The van der Waals surface area contributed by atoms with Crippen molar-refractivity contribution in [2.75, 3.05) is 11.1 Å². The first-order valence-electron chi connectivity index (χ1n) is 7.13. The fourth-order valence-electron chi connectivity index (χ4n) is 2.60. The SMILES string of the molecule is CC(C)(F)c1nc(N)nc(Nc2c(F)ccc3c2CCC3)n1. The van der Waals surface area contributed by atoms with E-state index in [1.54, 1.807) is 6.07 Å². The molecule has 0 saturated heterocycles. The number of aryl methyl sites for hydroxylation is 1. The van der Waals surface area contributed by atoms with Crippen LogP contribution in [0.25, 0.3) is 0 Å². The molecular formula is C15H17F2N5. The Morgan fingerprint density at radius 1 is 1.18 bits per heavy atom. The Morgan fingerprint density at radius 2 is 1.95 bits per heavy atom. The Hall–Kier alpha value is -2.31. The fourth-order valence-corrected chi connectivity index (χ4v) is 2.60. The Kier molecular flexibility index (Phi) is 3.42. The lowest BCUT2D eigenvalue weighted by Gasteiger charge is -2.15. The molecule has 1 aliphatic carbocycles. The average molecular weight is 305 g/mol. The molecule has 3 N–H and O–H groups in total. The van der Waals surface area contributed by atoms with Crippen LogP contribution in [0.15, 0.2) is 12.1 Å². The molecule has 0 bridgehead atoms. The van der Waals surface area contributed by atoms with Crippen molar-refractivity contribution in [3.05, 3.63) is 34.9 Å². The van der Waals surface area contributed by atoms with Crippen LogP contribution in [0.1, 0.15) is 37.2 Å². The Morgan fingerprint density at radius 3 is 2.68 bits per heavy atom. The van der Waals surface area contributed by atoms with Gasteiger partial charge >= 0.3 is 0 Å². The number of alkyl halides is 1. The topological polar surface area (TPSA) is 76.7 Å². The maximum absolute atomic E-state index is 14.1. The first-order valence-corrected chi connectivity index (χ1v) is 7.13. The number of nitrogen functional groups attached to an aromatic ring is 1. The number of rotatable bonds is 3. The summed E-state index contributed by atoms with van der Waals surface area (Å²) < 4.78 is 28.1. The molecule has 1 aliphatic rings. The van der Waals surface area contributed by atoms with Crippen LogP contribution in [-0.4, -0.2) is 15.0 Å². The highest BCUT2D eigenvalue weighted by atomic mass is 19.1. The summed E-state index contributed by atoms with van der Waals surface area (Å²) in [5.74, 6) is -0.533. The fraction of sp³-hybridized carbons (Fsp3) is 0.400. The monoisotopic (exact) mass is 305 g/mol. The Labute approximate surface area is 127 Å². The maximum Gasteiger partial charge on any atom is 0.232 e. The number of fused-ring (bicyclic) bond motifs is 1. The predicted molar refractivity (Wildman–Crippen MR) is 80.1 cm³/mol. The zero-order chi connectivity index (χ0) is 15.9. The molecule has 22 heavy (non-hydrogen) atoms. The minimum Gasteiger partial charge on any atom is -0.368 e. The average Bonchev–Trinajstić information content (AvgIpc) is 2.89. The minimum atomic E-state index is -1.76. The number of aromatic nitrogens is 3. The summed E-state index contributed by atoms with van der Waals surface area (Å²) in [5, 5.41) is 2.84. The maximum atomic E-state index is 14.1. The summed E-state index contributed by atoms with van der Waals surface area (Å²) in [4.78, 5) is 11.7. The number of nitrogens with zero attached hydrogens (tertiary/aromatic N) is 3. The second kappa shape index (κ2) is 5.15. The number of hydrogen-bond donors (Lipinski definition) is 2. The van der Waals surface area contributed by atoms with E-state index in [0.717, 1.165) is 30.4 Å². The van der Waals surface area contributed by atoms with Gasteiger partial charge in [0.25, 0.3) is 0 Å². The van der Waals surface area contributed by atoms with Gasteiger partial charge in [-0.2, -0.15) is 15.0 Å². The third kappa shape index (κ3) is 2.70. The summed E-state index contributed by atoms with van der Waals surface area (Å²) >= 11 is 0. The lowest BCUT2D eigenvalue weighted by Crippen LogP contribution is -2.18. The van der Waals surface area contributed by atoms with E-state index >= 15 is 0 Å². The molecule has 0 unspecified atom stereocenters. The van der Waals surface area contributed by atoms with Gasteiger partial charge in [-0.1, -0.05) is 6.07 Å². The van der Waals surface area contributed by atoms with Gasteiger partial charge in [-0.05, 0) is 50.3 Å². The van der Waals surface area contributed by atoms with E-state index in [4.69, 9.17) is 5.73 Å². The van der Waals surface area contributed by atoms with Crippen molar-refractivity contribution in [1.29, 1.82) is 0 Å². The zero-order valence-corrected chi connectivity index (χ0v) is 12.5. The molecule has 0 saturated carbocycles. The van der Waals surface area contributed by atoms with E-state index in [0.29, 0.717) is 5.69 Å². The standard InChI is InChI=1S/C15H17F2N5/c1-15(2,17)12-20-13(18)22-14(21-12)19-11-9-5-3-4-8(9)6-7-10(11)16/h6-7H,3-5H2,1-2H3,(H3,18,19,20,21,22). The van der Waals surface area contributed by atoms with Gasteiger partial charge in [-0.15, -0.1) is 0 Å². The van der Waals surface area contributed by atoms with E-state index in [-0.39, 0.29) is 23.5 Å². The van der Waals surface area contributed by atoms with Crippen LogP contribution in [0.4, 0.5) is 26.4 Å².